The smallest absolute Gasteiger partial charge is 0.225 e. The highest BCUT2D eigenvalue weighted by Gasteiger charge is 2.29. The van der Waals surface area contributed by atoms with Gasteiger partial charge in [-0.1, -0.05) is 12.1 Å². The lowest BCUT2D eigenvalue weighted by atomic mass is 9.96. The third-order valence-electron chi connectivity index (χ3n) is 4.92. The van der Waals surface area contributed by atoms with Crippen LogP contribution in [0.4, 0.5) is 0 Å². The number of methoxy groups -OCH3 is 1. The van der Waals surface area contributed by atoms with Crippen LogP contribution in [0.3, 0.4) is 0 Å². The molecule has 142 valence electrons. The SMILES string of the molecule is COc1ccc(CCN2CC(C(=O)NCc3ccncc3)CCC2=O)cc1. The van der Waals surface area contributed by atoms with E-state index in [1.54, 1.807) is 19.5 Å². The van der Waals surface area contributed by atoms with E-state index >= 15 is 0 Å². The molecule has 1 aromatic carbocycles. The maximum Gasteiger partial charge on any atom is 0.225 e. The molecule has 1 fully saturated rings. The van der Waals surface area contributed by atoms with Crippen molar-refractivity contribution in [1.82, 2.24) is 15.2 Å². The van der Waals surface area contributed by atoms with E-state index in [9.17, 15) is 9.59 Å². The Bertz CT molecular complexity index is 762. The molecule has 3 rings (SSSR count). The normalized spacial score (nSPS) is 16.9. The van der Waals surface area contributed by atoms with Gasteiger partial charge in [-0.15, -0.1) is 0 Å². The molecule has 1 aromatic heterocycles. The fraction of sp³-hybridized carbons (Fsp3) is 0.381. The van der Waals surface area contributed by atoms with Crippen molar-refractivity contribution < 1.29 is 14.3 Å². The van der Waals surface area contributed by atoms with Crippen LogP contribution in [0.1, 0.15) is 24.0 Å². The number of nitrogens with zero attached hydrogens (tertiary/aromatic N) is 2. The van der Waals surface area contributed by atoms with Crippen LogP contribution in [0.15, 0.2) is 48.8 Å². The Morgan fingerprint density at radius 3 is 2.63 bits per heavy atom. The molecule has 2 heterocycles. The predicted octanol–water partition coefficient (Wildman–Crippen LogP) is 2.19. The first kappa shape index (κ1) is 18.9. The molecule has 0 spiro atoms. The quantitative estimate of drug-likeness (QED) is 0.814. The maximum absolute atomic E-state index is 12.5. The number of hydrogen-bond donors (Lipinski definition) is 1. The monoisotopic (exact) mass is 367 g/mol. The molecule has 6 nitrogen and oxygen atoms in total. The Morgan fingerprint density at radius 2 is 1.93 bits per heavy atom. The van der Waals surface area contributed by atoms with Crippen LogP contribution in [-0.2, 0) is 22.6 Å². The van der Waals surface area contributed by atoms with Gasteiger partial charge >= 0.3 is 0 Å². The Hall–Kier alpha value is -2.89. The van der Waals surface area contributed by atoms with Crippen molar-refractivity contribution in [2.75, 3.05) is 20.2 Å². The molecule has 27 heavy (non-hydrogen) atoms. The minimum Gasteiger partial charge on any atom is -0.497 e. The van der Waals surface area contributed by atoms with Gasteiger partial charge in [-0.2, -0.15) is 0 Å². The van der Waals surface area contributed by atoms with Gasteiger partial charge in [0.25, 0.3) is 0 Å². The van der Waals surface area contributed by atoms with Gasteiger partial charge in [-0.3, -0.25) is 14.6 Å². The molecule has 0 aliphatic carbocycles. The number of amides is 2. The number of rotatable bonds is 7. The third kappa shape index (κ3) is 5.29. The lowest BCUT2D eigenvalue weighted by Gasteiger charge is -2.32. The minimum absolute atomic E-state index is 0.00811. The van der Waals surface area contributed by atoms with Gasteiger partial charge < -0.3 is 15.0 Å². The molecule has 2 amide bonds. The predicted molar refractivity (Wildman–Crippen MR) is 102 cm³/mol. The van der Waals surface area contributed by atoms with Crippen molar-refractivity contribution in [3.8, 4) is 5.75 Å². The molecule has 1 aliphatic heterocycles. The molecule has 0 saturated carbocycles. The van der Waals surface area contributed by atoms with Crippen molar-refractivity contribution in [2.45, 2.75) is 25.8 Å². The average molecular weight is 367 g/mol. The van der Waals surface area contributed by atoms with Gasteiger partial charge in [-0.25, -0.2) is 0 Å². The van der Waals surface area contributed by atoms with Crippen molar-refractivity contribution in [1.29, 1.82) is 0 Å². The fourth-order valence-electron chi connectivity index (χ4n) is 3.24. The fourth-order valence-corrected chi connectivity index (χ4v) is 3.24. The van der Waals surface area contributed by atoms with E-state index in [2.05, 4.69) is 10.3 Å². The summed E-state index contributed by atoms with van der Waals surface area (Å²) in [7, 11) is 1.64. The summed E-state index contributed by atoms with van der Waals surface area (Å²) in [4.78, 5) is 30.5. The van der Waals surface area contributed by atoms with Gasteiger partial charge in [0, 0.05) is 38.4 Å². The number of carbonyl (C=O) groups is 2. The number of carbonyl (C=O) groups excluding carboxylic acids is 2. The topological polar surface area (TPSA) is 71.5 Å². The number of aromatic nitrogens is 1. The highest BCUT2D eigenvalue weighted by atomic mass is 16.5. The summed E-state index contributed by atoms with van der Waals surface area (Å²) in [5, 5.41) is 2.97. The summed E-state index contributed by atoms with van der Waals surface area (Å²) >= 11 is 0. The summed E-state index contributed by atoms with van der Waals surface area (Å²) in [6, 6.07) is 11.6. The van der Waals surface area contributed by atoms with Crippen LogP contribution in [0.2, 0.25) is 0 Å². The average Bonchev–Trinajstić information content (AvgIpc) is 2.72. The lowest BCUT2D eigenvalue weighted by molar-refractivity contribution is -0.138. The highest BCUT2D eigenvalue weighted by molar-refractivity contribution is 5.83. The molecule has 1 saturated heterocycles. The molecular formula is C21H25N3O3. The summed E-state index contributed by atoms with van der Waals surface area (Å²) in [5.41, 5.74) is 2.16. The van der Waals surface area contributed by atoms with E-state index in [0.717, 1.165) is 23.3 Å². The summed E-state index contributed by atoms with van der Waals surface area (Å²) in [6.45, 7) is 1.59. The number of piperidine rings is 1. The van der Waals surface area contributed by atoms with E-state index in [-0.39, 0.29) is 17.7 Å². The van der Waals surface area contributed by atoms with Crippen molar-refractivity contribution >= 4 is 11.8 Å². The standard InChI is InChI=1S/C21H25N3O3/c1-27-19-5-2-16(3-6-19)10-13-24-15-18(4-7-20(24)25)21(26)23-14-17-8-11-22-12-9-17/h2-3,5-6,8-9,11-12,18H,4,7,10,13-15H2,1H3,(H,23,26). The first-order valence-corrected chi connectivity index (χ1v) is 9.23. The van der Waals surface area contributed by atoms with Crippen LogP contribution in [0.5, 0.6) is 5.75 Å². The lowest BCUT2D eigenvalue weighted by Crippen LogP contribution is -2.46. The van der Waals surface area contributed by atoms with E-state index in [4.69, 9.17) is 4.74 Å². The van der Waals surface area contributed by atoms with Crippen molar-refractivity contribution in [3.05, 3.63) is 59.9 Å². The maximum atomic E-state index is 12.5. The third-order valence-corrected chi connectivity index (χ3v) is 4.92. The van der Waals surface area contributed by atoms with Gasteiger partial charge in [0.05, 0.1) is 13.0 Å². The number of likely N-dealkylation sites (tertiary alicyclic amines) is 1. The largest absolute Gasteiger partial charge is 0.497 e. The highest BCUT2D eigenvalue weighted by Crippen LogP contribution is 2.19. The van der Waals surface area contributed by atoms with E-state index in [1.165, 1.54) is 0 Å². The van der Waals surface area contributed by atoms with E-state index in [1.807, 2.05) is 41.3 Å². The Balaban J connectivity index is 1.50. The van der Waals surface area contributed by atoms with Crippen LogP contribution < -0.4 is 10.1 Å². The van der Waals surface area contributed by atoms with Gasteiger partial charge in [0.2, 0.25) is 11.8 Å². The van der Waals surface area contributed by atoms with Crippen molar-refractivity contribution in [3.63, 3.8) is 0 Å². The first-order chi connectivity index (χ1) is 13.2. The van der Waals surface area contributed by atoms with Crippen LogP contribution >= 0.6 is 0 Å². The summed E-state index contributed by atoms with van der Waals surface area (Å²) < 4.78 is 5.16. The second-order valence-electron chi connectivity index (χ2n) is 6.75. The Labute approximate surface area is 159 Å². The second kappa shape index (κ2) is 9.16. The molecule has 6 heteroatoms. The molecule has 1 unspecified atom stereocenters. The Kier molecular flexibility index (Phi) is 6.41. The van der Waals surface area contributed by atoms with Gasteiger partial charge in [0.15, 0.2) is 0 Å². The van der Waals surface area contributed by atoms with Gasteiger partial charge in [0.1, 0.15) is 5.75 Å². The number of nitrogens with one attached hydrogen (secondary N) is 1. The Morgan fingerprint density at radius 1 is 1.19 bits per heavy atom. The molecule has 1 atom stereocenters. The zero-order chi connectivity index (χ0) is 19.1. The first-order valence-electron chi connectivity index (χ1n) is 9.23. The number of pyridine rings is 1. The molecule has 0 bridgehead atoms. The molecule has 2 aromatic rings. The van der Waals surface area contributed by atoms with E-state index < -0.39 is 0 Å². The summed E-state index contributed by atoms with van der Waals surface area (Å²) in [5.74, 6) is 0.801. The zero-order valence-electron chi connectivity index (χ0n) is 15.6. The zero-order valence-corrected chi connectivity index (χ0v) is 15.6. The minimum atomic E-state index is -0.152. The van der Waals surface area contributed by atoms with Crippen molar-refractivity contribution in [2.24, 2.45) is 5.92 Å². The van der Waals surface area contributed by atoms with E-state index in [0.29, 0.717) is 32.5 Å². The number of benzene rings is 1. The van der Waals surface area contributed by atoms with Crippen LogP contribution in [-0.4, -0.2) is 41.9 Å². The van der Waals surface area contributed by atoms with Crippen LogP contribution in [0.25, 0.3) is 0 Å². The molecule has 0 radical (unpaired) electrons. The molecule has 1 aliphatic rings. The van der Waals surface area contributed by atoms with Gasteiger partial charge in [-0.05, 0) is 48.2 Å². The molecule has 1 N–H and O–H groups in total. The number of ether oxygens (including phenoxy) is 1. The summed E-state index contributed by atoms with van der Waals surface area (Å²) in [6.07, 6.45) is 5.22. The second-order valence-corrected chi connectivity index (χ2v) is 6.75. The van der Waals surface area contributed by atoms with Crippen LogP contribution in [0, 0.1) is 5.92 Å². The number of hydrogen-bond acceptors (Lipinski definition) is 4. The molecular weight excluding hydrogens is 342 g/mol.